The van der Waals surface area contributed by atoms with Crippen LogP contribution in [0.25, 0.3) is 0 Å². The molecule has 1 fully saturated rings. The molecule has 4 nitrogen and oxygen atoms in total. The predicted molar refractivity (Wildman–Crippen MR) is 66.1 cm³/mol. The summed E-state index contributed by atoms with van der Waals surface area (Å²) in [5, 5.41) is 0. The van der Waals surface area contributed by atoms with Gasteiger partial charge in [0.1, 0.15) is 0 Å². The molecule has 0 amide bonds. The molecule has 2 N–H and O–H groups in total. The van der Waals surface area contributed by atoms with Crippen molar-refractivity contribution >= 4 is 0 Å². The van der Waals surface area contributed by atoms with Crippen LogP contribution in [-0.4, -0.2) is 22.8 Å². The van der Waals surface area contributed by atoms with Crippen LogP contribution in [0, 0.1) is 17.8 Å². The largest absolute Gasteiger partial charge is 0.381 e. The van der Waals surface area contributed by atoms with E-state index in [1.54, 1.807) is 0 Å². The quantitative estimate of drug-likeness (QED) is 0.798. The summed E-state index contributed by atoms with van der Waals surface area (Å²) in [4.78, 5) is 4.19. The summed E-state index contributed by atoms with van der Waals surface area (Å²) in [6.07, 6.45) is 5.58. The minimum atomic E-state index is 0.0228. The molecule has 1 aromatic heterocycles. The average Bonchev–Trinajstić information content (AvgIpc) is 3.00. The number of aromatic nitrogens is 2. The number of imidazole rings is 1. The third-order valence-electron chi connectivity index (χ3n) is 3.21. The van der Waals surface area contributed by atoms with E-state index in [4.69, 9.17) is 10.5 Å². The Kier molecular flexibility index (Phi) is 4.18. The highest BCUT2D eigenvalue weighted by molar-refractivity contribution is 5.07. The number of hydrogen-bond donors (Lipinski definition) is 1. The lowest BCUT2D eigenvalue weighted by atomic mass is 9.97. The van der Waals surface area contributed by atoms with Gasteiger partial charge in [0.15, 0.2) is 0 Å². The first-order chi connectivity index (χ1) is 8.33. The number of ether oxygens (including phenoxy) is 1. The normalized spacial score (nSPS) is 20.9. The van der Waals surface area contributed by atoms with Crippen molar-refractivity contribution in [1.29, 1.82) is 0 Å². The van der Waals surface area contributed by atoms with Crippen LogP contribution < -0.4 is 5.73 Å². The molecular weight excluding hydrogens is 214 g/mol. The zero-order chi connectivity index (χ0) is 12.1. The molecule has 92 valence electrons. The van der Waals surface area contributed by atoms with Crippen molar-refractivity contribution in [2.45, 2.75) is 32.4 Å². The summed E-state index contributed by atoms with van der Waals surface area (Å²) >= 11 is 0. The zero-order valence-electron chi connectivity index (χ0n) is 10.2. The van der Waals surface area contributed by atoms with E-state index in [1.807, 2.05) is 19.4 Å². The van der Waals surface area contributed by atoms with E-state index < -0.39 is 0 Å². The second-order valence-electron chi connectivity index (χ2n) is 4.34. The molecule has 2 heterocycles. The highest BCUT2D eigenvalue weighted by Crippen LogP contribution is 2.26. The molecule has 1 aliphatic rings. The molecule has 17 heavy (non-hydrogen) atoms. The smallest absolute Gasteiger partial charge is 0.0948 e. The van der Waals surface area contributed by atoms with Crippen molar-refractivity contribution in [3.05, 3.63) is 18.2 Å². The standard InChI is InChI=1S/C13H19N3O/c1-2-3-4-6-16-10-15-8-12(16)13(14)11-5-7-17-9-11/h8,10-11,13H,4-7,9,14H2,1H3. The van der Waals surface area contributed by atoms with Crippen LogP contribution in [0.1, 0.15) is 31.5 Å². The van der Waals surface area contributed by atoms with Gasteiger partial charge in [0, 0.05) is 31.7 Å². The van der Waals surface area contributed by atoms with Crippen LogP contribution in [0.3, 0.4) is 0 Å². The van der Waals surface area contributed by atoms with E-state index >= 15 is 0 Å². The molecule has 0 saturated carbocycles. The Balaban J connectivity index is 2.03. The molecule has 0 aromatic carbocycles. The fraction of sp³-hybridized carbons (Fsp3) is 0.615. The first kappa shape index (κ1) is 12.2. The molecule has 1 aliphatic heterocycles. The second-order valence-corrected chi connectivity index (χ2v) is 4.34. The molecule has 1 aromatic rings. The van der Waals surface area contributed by atoms with Gasteiger partial charge >= 0.3 is 0 Å². The summed E-state index contributed by atoms with van der Waals surface area (Å²) in [6, 6.07) is 0.0228. The molecule has 2 rings (SSSR count). The number of aryl methyl sites for hydroxylation is 1. The lowest BCUT2D eigenvalue weighted by Gasteiger charge is -2.19. The van der Waals surface area contributed by atoms with E-state index in [0.717, 1.165) is 38.3 Å². The third-order valence-corrected chi connectivity index (χ3v) is 3.21. The molecule has 4 heteroatoms. The van der Waals surface area contributed by atoms with Crippen molar-refractivity contribution in [3.63, 3.8) is 0 Å². The topological polar surface area (TPSA) is 53.1 Å². The molecule has 2 atom stereocenters. The Morgan fingerprint density at radius 1 is 1.71 bits per heavy atom. The van der Waals surface area contributed by atoms with Gasteiger partial charge in [-0.1, -0.05) is 0 Å². The molecule has 0 radical (unpaired) electrons. The van der Waals surface area contributed by atoms with Crippen LogP contribution in [0.15, 0.2) is 12.5 Å². The highest BCUT2D eigenvalue weighted by atomic mass is 16.5. The average molecular weight is 233 g/mol. The van der Waals surface area contributed by atoms with Gasteiger partial charge < -0.3 is 15.0 Å². The first-order valence-electron chi connectivity index (χ1n) is 6.06. The molecule has 0 bridgehead atoms. The van der Waals surface area contributed by atoms with Crippen molar-refractivity contribution in [1.82, 2.24) is 9.55 Å². The van der Waals surface area contributed by atoms with Gasteiger partial charge in [-0.3, -0.25) is 0 Å². The van der Waals surface area contributed by atoms with Crippen molar-refractivity contribution in [2.75, 3.05) is 13.2 Å². The maximum absolute atomic E-state index is 6.27. The third kappa shape index (κ3) is 2.87. The fourth-order valence-corrected chi connectivity index (χ4v) is 2.17. The molecule has 1 saturated heterocycles. The van der Waals surface area contributed by atoms with E-state index in [1.165, 1.54) is 0 Å². The van der Waals surface area contributed by atoms with Gasteiger partial charge in [-0.25, -0.2) is 4.98 Å². The minimum absolute atomic E-state index is 0.0228. The number of hydrogen-bond acceptors (Lipinski definition) is 3. The van der Waals surface area contributed by atoms with Crippen LogP contribution in [0.5, 0.6) is 0 Å². The highest BCUT2D eigenvalue weighted by Gasteiger charge is 2.26. The Hall–Kier alpha value is -1.31. The maximum Gasteiger partial charge on any atom is 0.0948 e. The van der Waals surface area contributed by atoms with Gasteiger partial charge in [0.2, 0.25) is 0 Å². The molecule has 2 unspecified atom stereocenters. The van der Waals surface area contributed by atoms with Crippen LogP contribution >= 0.6 is 0 Å². The predicted octanol–water partition coefficient (Wildman–Crippen LogP) is 1.33. The van der Waals surface area contributed by atoms with E-state index in [0.29, 0.717) is 5.92 Å². The Morgan fingerprint density at radius 3 is 3.29 bits per heavy atom. The summed E-state index contributed by atoms with van der Waals surface area (Å²) in [5.74, 6) is 6.38. The lowest BCUT2D eigenvalue weighted by Crippen LogP contribution is -2.24. The zero-order valence-corrected chi connectivity index (χ0v) is 10.2. The van der Waals surface area contributed by atoms with Gasteiger partial charge in [-0.15, -0.1) is 11.8 Å². The first-order valence-corrected chi connectivity index (χ1v) is 6.06. The fourth-order valence-electron chi connectivity index (χ4n) is 2.17. The number of rotatable bonds is 4. The van der Waals surface area contributed by atoms with Crippen LogP contribution in [-0.2, 0) is 11.3 Å². The van der Waals surface area contributed by atoms with Crippen LogP contribution in [0.2, 0.25) is 0 Å². The Labute approximate surface area is 102 Å². The lowest BCUT2D eigenvalue weighted by molar-refractivity contribution is 0.180. The molecule has 0 aliphatic carbocycles. The molecule has 0 spiro atoms. The minimum Gasteiger partial charge on any atom is -0.381 e. The van der Waals surface area contributed by atoms with Gasteiger partial charge in [0.05, 0.1) is 24.7 Å². The Bertz CT molecular complexity index is 410. The summed E-state index contributed by atoms with van der Waals surface area (Å²) in [7, 11) is 0. The van der Waals surface area contributed by atoms with Crippen molar-refractivity contribution in [2.24, 2.45) is 11.7 Å². The summed E-state index contributed by atoms with van der Waals surface area (Å²) in [6.45, 7) is 4.31. The maximum atomic E-state index is 6.27. The number of nitrogens with zero attached hydrogens (tertiary/aromatic N) is 2. The van der Waals surface area contributed by atoms with Crippen LogP contribution in [0.4, 0.5) is 0 Å². The van der Waals surface area contributed by atoms with Gasteiger partial charge in [0.25, 0.3) is 0 Å². The number of nitrogens with two attached hydrogens (primary N) is 1. The molecular formula is C13H19N3O. The van der Waals surface area contributed by atoms with Crippen molar-refractivity contribution in [3.8, 4) is 11.8 Å². The monoisotopic (exact) mass is 233 g/mol. The van der Waals surface area contributed by atoms with E-state index in [9.17, 15) is 0 Å². The summed E-state index contributed by atoms with van der Waals surface area (Å²) < 4.78 is 7.49. The second kappa shape index (κ2) is 5.85. The SMILES string of the molecule is CC#CCCn1cncc1C(N)C1CCOC1. The summed E-state index contributed by atoms with van der Waals surface area (Å²) in [5.41, 5.74) is 7.37. The van der Waals surface area contributed by atoms with Gasteiger partial charge in [-0.2, -0.15) is 0 Å². The van der Waals surface area contributed by atoms with E-state index in [2.05, 4.69) is 21.4 Å². The Morgan fingerprint density at radius 2 is 2.59 bits per heavy atom. The van der Waals surface area contributed by atoms with Gasteiger partial charge in [-0.05, 0) is 13.3 Å². The van der Waals surface area contributed by atoms with E-state index in [-0.39, 0.29) is 6.04 Å². The van der Waals surface area contributed by atoms with Crippen molar-refractivity contribution < 1.29 is 4.74 Å².